The number of nitrogens with zero attached hydrogens (tertiary/aromatic N) is 4. The third-order valence-corrected chi connectivity index (χ3v) is 12.4. The lowest BCUT2D eigenvalue weighted by atomic mass is 9.71. The number of hydrogen-bond donors (Lipinski definition) is 3. The molecule has 0 atom stereocenters. The van der Waals surface area contributed by atoms with Crippen molar-refractivity contribution in [2.45, 2.75) is 0 Å². The monoisotopic (exact) mass is 784 g/mol. The van der Waals surface area contributed by atoms with Gasteiger partial charge in [0.1, 0.15) is 45.0 Å². The molecule has 0 amide bonds. The van der Waals surface area contributed by atoms with Crippen molar-refractivity contribution in [1.29, 1.82) is 0 Å². The molecule has 0 saturated heterocycles. The number of aromatic nitrogens is 4. The highest BCUT2D eigenvalue weighted by molar-refractivity contribution is 6.62. The van der Waals surface area contributed by atoms with Gasteiger partial charge in [0.2, 0.25) is 0 Å². The highest BCUT2D eigenvalue weighted by atomic mass is 16.3. The lowest BCUT2D eigenvalue weighted by Crippen LogP contribution is -2.33. The van der Waals surface area contributed by atoms with Gasteiger partial charge in [-0.25, -0.2) is 15.0 Å². The molecule has 0 aliphatic heterocycles. The zero-order valence-electron chi connectivity index (χ0n) is 34.5. The molecule has 3 N–H and O–H groups in total. The van der Waals surface area contributed by atoms with Crippen molar-refractivity contribution in [1.82, 2.24) is 19.5 Å². The first-order valence-corrected chi connectivity index (χ1v) is 20.4. The fourth-order valence-electron chi connectivity index (χ4n) is 8.85. The highest BCUT2D eigenvalue weighted by Gasteiger charge is 2.27. The molecule has 2 heterocycles. The molecule has 0 radical (unpaired) electrons. The molecule has 61 heavy (non-hydrogen) atoms. The summed E-state index contributed by atoms with van der Waals surface area (Å²) in [7, 11) is 9.61. The first-order valence-electron chi connectivity index (χ1n) is 20.4. The molecule has 10 aromatic rings. The summed E-state index contributed by atoms with van der Waals surface area (Å²) in [6.45, 7) is 0. The maximum atomic E-state index is 11.8. The van der Waals surface area contributed by atoms with E-state index in [0.29, 0.717) is 33.9 Å². The third-order valence-electron chi connectivity index (χ3n) is 12.4. The summed E-state index contributed by atoms with van der Waals surface area (Å²) in [5.41, 5.74) is 12.8. The summed E-state index contributed by atoms with van der Waals surface area (Å²) >= 11 is 0. The second kappa shape index (κ2) is 14.7. The van der Waals surface area contributed by atoms with Crippen molar-refractivity contribution in [3.63, 3.8) is 0 Å². The van der Waals surface area contributed by atoms with Gasteiger partial charge < -0.3 is 19.9 Å². The minimum atomic E-state index is -0.207. The Hall–Kier alpha value is -7.45. The number of phenols is 3. The second-order valence-electron chi connectivity index (χ2n) is 15.8. The molecular formula is C49H37B5N4O3. The number of fused-ring (bicyclic) bond motifs is 4. The Morgan fingerprint density at radius 2 is 0.770 bits per heavy atom. The predicted octanol–water partition coefficient (Wildman–Crippen LogP) is 2.87. The van der Waals surface area contributed by atoms with Crippen molar-refractivity contribution < 1.29 is 15.3 Å². The van der Waals surface area contributed by atoms with Gasteiger partial charge in [-0.3, -0.25) is 0 Å². The minimum Gasteiger partial charge on any atom is -0.509 e. The van der Waals surface area contributed by atoms with E-state index in [0.717, 1.165) is 88.1 Å². The van der Waals surface area contributed by atoms with E-state index >= 15 is 0 Å². The Labute approximate surface area is 357 Å². The molecule has 8 aromatic carbocycles. The first kappa shape index (κ1) is 37.8. The maximum absolute atomic E-state index is 11.8. The fraction of sp³-hybridized carbons (Fsp3) is 0. The van der Waals surface area contributed by atoms with E-state index in [-0.39, 0.29) is 17.2 Å². The van der Waals surface area contributed by atoms with Crippen LogP contribution in [0.2, 0.25) is 0 Å². The summed E-state index contributed by atoms with van der Waals surface area (Å²) < 4.78 is 1.99. The van der Waals surface area contributed by atoms with Gasteiger partial charge in [0.05, 0.1) is 16.7 Å². The van der Waals surface area contributed by atoms with Crippen molar-refractivity contribution >= 4 is 99.1 Å². The van der Waals surface area contributed by atoms with Gasteiger partial charge in [0.15, 0.2) is 29.0 Å². The topological polar surface area (TPSA) is 104 Å². The van der Waals surface area contributed by atoms with Crippen molar-refractivity contribution in [3.8, 4) is 79.4 Å². The van der Waals surface area contributed by atoms with Crippen LogP contribution in [0.1, 0.15) is 0 Å². The predicted molar refractivity (Wildman–Crippen MR) is 265 cm³/mol. The van der Waals surface area contributed by atoms with Crippen molar-refractivity contribution in [3.05, 3.63) is 146 Å². The van der Waals surface area contributed by atoms with Crippen molar-refractivity contribution in [2.75, 3.05) is 0 Å². The number of hydrogen-bond acceptors (Lipinski definition) is 6. The van der Waals surface area contributed by atoms with Crippen LogP contribution in [0.15, 0.2) is 146 Å². The molecule has 2 aromatic heterocycles. The van der Waals surface area contributed by atoms with Gasteiger partial charge in [-0.15, -0.1) is 0 Å². The molecule has 7 nitrogen and oxygen atoms in total. The number of benzene rings is 8. The molecule has 0 bridgehead atoms. The van der Waals surface area contributed by atoms with E-state index in [1.165, 1.54) is 0 Å². The van der Waals surface area contributed by atoms with E-state index in [1.807, 2.05) is 111 Å². The number of phenolic OH excluding ortho intramolecular Hbond substituents is 3. The minimum absolute atomic E-state index is 0.162. The summed E-state index contributed by atoms with van der Waals surface area (Å²) in [5, 5.41) is 38.1. The lowest BCUT2D eigenvalue weighted by Gasteiger charge is -2.18. The van der Waals surface area contributed by atoms with Gasteiger partial charge in [-0.1, -0.05) is 150 Å². The van der Waals surface area contributed by atoms with Crippen LogP contribution < -0.4 is 27.3 Å². The van der Waals surface area contributed by atoms with Crippen LogP contribution in [0.5, 0.6) is 17.2 Å². The zero-order chi connectivity index (χ0) is 42.1. The quantitative estimate of drug-likeness (QED) is 0.177. The molecule has 0 spiro atoms. The Balaban J connectivity index is 1.20. The van der Waals surface area contributed by atoms with E-state index in [1.54, 1.807) is 0 Å². The Kier molecular flexibility index (Phi) is 9.10. The molecule has 0 saturated carbocycles. The van der Waals surface area contributed by atoms with Crippen LogP contribution in [-0.2, 0) is 0 Å². The number of aromatic hydroxyl groups is 3. The molecule has 0 aliphatic rings. The summed E-state index contributed by atoms with van der Waals surface area (Å²) in [6, 6.07) is 49.3. The average molecular weight is 784 g/mol. The standard InChI is InChI=1S/C49H37B5N4O3/c50-37-35-36-38(51)40(53)45(60)46(61)43(36)58(42(35)41(54)44(59)39(37)52)34-24-23-33(31-13-7-8-14-32(31)34)49-56-47(29-19-15-27(16-20-29)25-9-3-1-4-10-25)55-48(57-49)30-21-17-28(18-22-30)26-11-5-2-6-12-26/h1-24,59-61H,50-54H2. The molecule has 12 heteroatoms. The Morgan fingerprint density at radius 1 is 0.344 bits per heavy atom. The second-order valence-corrected chi connectivity index (χ2v) is 15.8. The lowest BCUT2D eigenvalue weighted by molar-refractivity contribution is 0.410. The Morgan fingerprint density at radius 3 is 1.31 bits per heavy atom. The smallest absolute Gasteiger partial charge is 0.182 e. The van der Waals surface area contributed by atoms with Crippen LogP contribution in [0.25, 0.3) is 94.7 Å². The highest BCUT2D eigenvalue weighted by Crippen LogP contribution is 2.41. The van der Waals surface area contributed by atoms with Crippen LogP contribution in [-0.4, -0.2) is 74.1 Å². The molecule has 0 unspecified atom stereocenters. The largest absolute Gasteiger partial charge is 0.509 e. The maximum Gasteiger partial charge on any atom is 0.182 e. The van der Waals surface area contributed by atoms with Gasteiger partial charge in [-0.05, 0) is 50.7 Å². The zero-order valence-corrected chi connectivity index (χ0v) is 34.5. The fourth-order valence-corrected chi connectivity index (χ4v) is 8.85. The molecule has 0 aliphatic carbocycles. The van der Waals surface area contributed by atoms with E-state index < -0.39 is 0 Å². The van der Waals surface area contributed by atoms with E-state index in [4.69, 9.17) is 15.0 Å². The van der Waals surface area contributed by atoms with E-state index in [9.17, 15) is 15.3 Å². The summed E-state index contributed by atoms with van der Waals surface area (Å²) in [4.78, 5) is 15.4. The van der Waals surface area contributed by atoms with Gasteiger partial charge in [-0.2, -0.15) is 0 Å². The first-order chi connectivity index (χ1) is 29.6. The SMILES string of the molecule is Bc1c(O)c(B)c2c(c1B)c1c(B)c(B)c(O)c(O)c1n2-c1ccc(-c2nc(-c3ccc(-c4ccccc4)cc3)nc(-c3ccc(-c4ccccc4)cc3)n2)c2ccccc12. The molecule has 10 rings (SSSR count). The number of rotatable bonds is 6. The molecule has 286 valence electrons. The average Bonchev–Trinajstić information content (AvgIpc) is 3.68. The normalized spacial score (nSPS) is 11.5. The van der Waals surface area contributed by atoms with Crippen LogP contribution >= 0.6 is 0 Å². The molecule has 0 fully saturated rings. The van der Waals surface area contributed by atoms with E-state index in [2.05, 4.69) is 78.9 Å². The molecular weight excluding hydrogens is 747 g/mol. The third kappa shape index (κ3) is 6.09. The van der Waals surface area contributed by atoms with Crippen LogP contribution in [0.4, 0.5) is 0 Å². The van der Waals surface area contributed by atoms with Crippen molar-refractivity contribution in [2.24, 2.45) is 0 Å². The van der Waals surface area contributed by atoms with Crippen LogP contribution in [0, 0.1) is 0 Å². The van der Waals surface area contributed by atoms with Crippen LogP contribution in [0.3, 0.4) is 0 Å². The van der Waals surface area contributed by atoms with Gasteiger partial charge in [0.25, 0.3) is 0 Å². The summed E-state index contributed by atoms with van der Waals surface area (Å²) in [6.07, 6.45) is 0. The Bertz CT molecular complexity index is 3200. The van der Waals surface area contributed by atoms with Gasteiger partial charge >= 0.3 is 0 Å². The van der Waals surface area contributed by atoms with Gasteiger partial charge in [0, 0.05) is 32.8 Å². The summed E-state index contributed by atoms with van der Waals surface area (Å²) in [5.74, 6) is 1.44.